The van der Waals surface area contributed by atoms with Crippen molar-refractivity contribution in [3.8, 4) is 5.75 Å². The van der Waals surface area contributed by atoms with Crippen LogP contribution in [0.4, 0.5) is 13.2 Å². The van der Waals surface area contributed by atoms with Crippen LogP contribution in [-0.4, -0.2) is 25.8 Å². The molecule has 0 spiro atoms. The van der Waals surface area contributed by atoms with Crippen LogP contribution in [-0.2, 0) is 4.74 Å². The molecule has 3 rings (SSSR count). The summed E-state index contributed by atoms with van der Waals surface area (Å²) in [5, 5.41) is 3.13. The van der Waals surface area contributed by atoms with Crippen molar-refractivity contribution < 1.29 is 22.6 Å². The zero-order chi connectivity index (χ0) is 16.2. The van der Waals surface area contributed by atoms with Gasteiger partial charge in [0, 0.05) is 13.1 Å². The van der Waals surface area contributed by atoms with Crippen LogP contribution in [0, 0.1) is 17.5 Å². The van der Waals surface area contributed by atoms with Crippen molar-refractivity contribution >= 4 is 0 Å². The van der Waals surface area contributed by atoms with E-state index in [0.717, 1.165) is 12.1 Å². The fraction of sp³-hybridized carbons (Fsp3) is 0.294. The van der Waals surface area contributed by atoms with Crippen LogP contribution >= 0.6 is 0 Å². The minimum atomic E-state index is -0.829. The number of hydrogen-bond acceptors (Lipinski definition) is 3. The zero-order valence-electron chi connectivity index (χ0n) is 12.3. The molecule has 0 amide bonds. The summed E-state index contributed by atoms with van der Waals surface area (Å²) in [5.74, 6) is -2.56. The number of benzene rings is 2. The Morgan fingerprint density at radius 1 is 1.09 bits per heavy atom. The summed E-state index contributed by atoms with van der Waals surface area (Å²) in [7, 11) is 0. The summed E-state index contributed by atoms with van der Waals surface area (Å²) in [4.78, 5) is 0. The molecule has 2 aromatic carbocycles. The second kappa shape index (κ2) is 7.02. The van der Waals surface area contributed by atoms with Crippen LogP contribution in [0.1, 0.15) is 11.7 Å². The van der Waals surface area contributed by atoms with Gasteiger partial charge in [0.1, 0.15) is 11.9 Å². The van der Waals surface area contributed by atoms with Crippen LogP contribution < -0.4 is 10.1 Å². The van der Waals surface area contributed by atoms with Gasteiger partial charge in [0.05, 0.1) is 6.61 Å². The van der Waals surface area contributed by atoms with Gasteiger partial charge >= 0.3 is 0 Å². The number of para-hydroxylation sites is 1. The van der Waals surface area contributed by atoms with Crippen LogP contribution in [0.25, 0.3) is 0 Å². The molecule has 0 aliphatic carbocycles. The predicted molar refractivity (Wildman–Crippen MR) is 78.7 cm³/mol. The Hall–Kier alpha value is -2.05. The van der Waals surface area contributed by atoms with Gasteiger partial charge in [-0.05, 0) is 29.8 Å². The lowest BCUT2D eigenvalue weighted by molar-refractivity contribution is -0.0454. The SMILES string of the molecule is Fc1cccc(C(Oc2c(F)cccc2F)[C@@H]2CNCCO2)c1. The van der Waals surface area contributed by atoms with Crippen molar-refractivity contribution in [1.29, 1.82) is 0 Å². The fourth-order valence-electron chi connectivity index (χ4n) is 2.54. The third-order valence-electron chi connectivity index (χ3n) is 3.63. The van der Waals surface area contributed by atoms with Gasteiger partial charge in [-0.2, -0.15) is 0 Å². The molecule has 1 aliphatic rings. The smallest absolute Gasteiger partial charge is 0.191 e. The van der Waals surface area contributed by atoms with E-state index in [1.54, 1.807) is 6.07 Å². The molecule has 122 valence electrons. The first-order valence-corrected chi connectivity index (χ1v) is 7.33. The number of ether oxygens (including phenoxy) is 2. The summed E-state index contributed by atoms with van der Waals surface area (Å²) in [5.41, 5.74) is 0.460. The highest BCUT2D eigenvalue weighted by atomic mass is 19.1. The highest BCUT2D eigenvalue weighted by Crippen LogP contribution is 2.31. The maximum Gasteiger partial charge on any atom is 0.191 e. The molecule has 1 heterocycles. The molecule has 1 N–H and O–H groups in total. The Morgan fingerprint density at radius 2 is 1.83 bits per heavy atom. The van der Waals surface area contributed by atoms with Gasteiger partial charge in [0.2, 0.25) is 0 Å². The first kappa shape index (κ1) is 15.8. The van der Waals surface area contributed by atoms with E-state index in [1.807, 2.05) is 0 Å². The molecule has 1 fully saturated rings. The zero-order valence-corrected chi connectivity index (χ0v) is 12.3. The van der Waals surface area contributed by atoms with Crippen LogP contribution in [0.2, 0.25) is 0 Å². The topological polar surface area (TPSA) is 30.5 Å². The van der Waals surface area contributed by atoms with Gasteiger partial charge in [0.25, 0.3) is 0 Å². The first-order chi connectivity index (χ1) is 11.1. The van der Waals surface area contributed by atoms with Gasteiger partial charge in [-0.3, -0.25) is 0 Å². The molecule has 2 atom stereocenters. The van der Waals surface area contributed by atoms with E-state index >= 15 is 0 Å². The van der Waals surface area contributed by atoms with E-state index in [1.165, 1.54) is 24.3 Å². The number of hydrogen-bond donors (Lipinski definition) is 1. The van der Waals surface area contributed by atoms with E-state index in [4.69, 9.17) is 9.47 Å². The Morgan fingerprint density at radius 3 is 2.48 bits per heavy atom. The molecule has 1 unspecified atom stereocenters. The molecule has 0 bridgehead atoms. The molecule has 0 saturated carbocycles. The Kier molecular flexibility index (Phi) is 4.83. The largest absolute Gasteiger partial charge is 0.477 e. The molecule has 3 nitrogen and oxygen atoms in total. The number of halogens is 3. The van der Waals surface area contributed by atoms with Crippen molar-refractivity contribution in [2.24, 2.45) is 0 Å². The highest BCUT2D eigenvalue weighted by Gasteiger charge is 2.30. The second-order valence-electron chi connectivity index (χ2n) is 5.26. The molecule has 0 aromatic heterocycles. The van der Waals surface area contributed by atoms with E-state index in [0.29, 0.717) is 25.3 Å². The molecule has 2 aromatic rings. The van der Waals surface area contributed by atoms with Gasteiger partial charge in [-0.1, -0.05) is 18.2 Å². The first-order valence-electron chi connectivity index (χ1n) is 7.33. The summed E-state index contributed by atoms with van der Waals surface area (Å²) < 4.78 is 52.5. The lowest BCUT2D eigenvalue weighted by Gasteiger charge is -2.31. The molecule has 6 heteroatoms. The maximum atomic E-state index is 13.9. The van der Waals surface area contributed by atoms with Crippen molar-refractivity contribution in [1.82, 2.24) is 5.32 Å². The Balaban J connectivity index is 1.94. The summed E-state index contributed by atoms with van der Waals surface area (Å²) >= 11 is 0. The fourth-order valence-corrected chi connectivity index (χ4v) is 2.54. The van der Waals surface area contributed by atoms with E-state index in [2.05, 4.69) is 5.32 Å². The summed E-state index contributed by atoms with van der Waals surface area (Å²) in [6, 6.07) is 9.22. The lowest BCUT2D eigenvalue weighted by Crippen LogP contribution is -2.43. The predicted octanol–water partition coefficient (Wildman–Crippen LogP) is 3.21. The lowest BCUT2D eigenvalue weighted by atomic mass is 10.0. The van der Waals surface area contributed by atoms with Gasteiger partial charge < -0.3 is 14.8 Å². The van der Waals surface area contributed by atoms with Crippen LogP contribution in [0.5, 0.6) is 5.75 Å². The average molecular weight is 323 g/mol. The maximum absolute atomic E-state index is 13.9. The molecular formula is C17H16F3NO2. The van der Waals surface area contributed by atoms with Crippen molar-refractivity contribution in [2.45, 2.75) is 12.2 Å². The van der Waals surface area contributed by atoms with Crippen LogP contribution in [0.3, 0.4) is 0 Å². The molecular weight excluding hydrogens is 307 g/mol. The van der Waals surface area contributed by atoms with Gasteiger partial charge in [-0.25, -0.2) is 13.2 Å². The van der Waals surface area contributed by atoms with E-state index in [9.17, 15) is 13.2 Å². The van der Waals surface area contributed by atoms with Crippen molar-refractivity contribution in [3.63, 3.8) is 0 Å². The van der Waals surface area contributed by atoms with Gasteiger partial charge in [-0.15, -0.1) is 0 Å². The van der Waals surface area contributed by atoms with E-state index < -0.39 is 35.4 Å². The average Bonchev–Trinajstić information content (AvgIpc) is 2.55. The monoisotopic (exact) mass is 323 g/mol. The third-order valence-corrected chi connectivity index (χ3v) is 3.63. The quantitative estimate of drug-likeness (QED) is 0.937. The Labute approximate surface area is 132 Å². The third kappa shape index (κ3) is 3.65. The molecule has 1 aliphatic heterocycles. The highest BCUT2D eigenvalue weighted by molar-refractivity contribution is 5.29. The van der Waals surface area contributed by atoms with Crippen LogP contribution in [0.15, 0.2) is 42.5 Å². The van der Waals surface area contributed by atoms with Gasteiger partial charge in [0.15, 0.2) is 23.5 Å². The summed E-state index contributed by atoms with van der Waals surface area (Å²) in [6.07, 6.45) is -1.31. The molecule has 0 radical (unpaired) electrons. The van der Waals surface area contributed by atoms with Crippen molar-refractivity contribution in [2.75, 3.05) is 19.7 Å². The minimum Gasteiger partial charge on any atom is -0.477 e. The number of morpholine rings is 1. The minimum absolute atomic E-state index is 0.442. The standard InChI is InChI=1S/C17H16F3NO2/c18-12-4-1-3-11(9-12)16(15-10-21-7-8-22-15)23-17-13(19)5-2-6-14(17)20/h1-6,9,15-16,21H,7-8,10H2/t15-,16?/m0/s1. The number of rotatable bonds is 4. The van der Waals surface area contributed by atoms with Crippen molar-refractivity contribution in [3.05, 3.63) is 65.5 Å². The number of nitrogens with one attached hydrogen (secondary N) is 1. The normalized spacial score (nSPS) is 19.3. The van der Waals surface area contributed by atoms with E-state index in [-0.39, 0.29) is 0 Å². The Bertz CT molecular complexity index is 654. The second-order valence-corrected chi connectivity index (χ2v) is 5.26. The summed E-state index contributed by atoms with van der Waals surface area (Å²) in [6.45, 7) is 1.57. The molecule has 23 heavy (non-hydrogen) atoms. The molecule has 1 saturated heterocycles.